The first-order valence-corrected chi connectivity index (χ1v) is 10.7. The van der Waals surface area contributed by atoms with Gasteiger partial charge in [-0.1, -0.05) is 30.3 Å². The number of hydrogen-bond donors (Lipinski definition) is 0. The van der Waals surface area contributed by atoms with Crippen molar-refractivity contribution in [2.75, 3.05) is 31.3 Å². The van der Waals surface area contributed by atoms with Gasteiger partial charge in [0.2, 0.25) is 0 Å². The maximum atomic E-state index is 12.9. The van der Waals surface area contributed by atoms with Crippen LogP contribution in [0.4, 0.5) is 5.69 Å². The third kappa shape index (κ3) is 4.52. The molecule has 1 unspecified atom stereocenters. The van der Waals surface area contributed by atoms with Crippen molar-refractivity contribution in [3.63, 3.8) is 0 Å². The fraction of sp³-hybridized carbons (Fsp3) is 0.381. The van der Waals surface area contributed by atoms with Gasteiger partial charge in [0.15, 0.2) is 0 Å². The smallest absolute Gasteiger partial charge is 0.253 e. The second-order valence-electron chi connectivity index (χ2n) is 6.90. The van der Waals surface area contributed by atoms with Crippen molar-refractivity contribution in [1.82, 2.24) is 4.90 Å². The number of nitrogens with zero attached hydrogens (tertiary/aromatic N) is 2. The lowest BCUT2D eigenvalue weighted by atomic mass is 10.1. The number of anilines is 1. The fourth-order valence-electron chi connectivity index (χ4n) is 3.49. The van der Waals surface area contributed by atoms with Crippen LogP contribution in [0.1, 0.15) is 34.3 Å². The molecular formula is C21H26N2O2S. The third-order valence-electron chi connectivity index (χ3n) is 4.74. The van der Waals surface area contributed by atoms with Gasteiger partial charge in [-0.05, 0) is 42.2 Å². The van der Waals surface area contributed by atoms with Crippen LogP contribution in [-0.2, 0) is 23.1 Å². The van der Waals surface area contributed by atoms with Crippen LogP contribution in [0.5, 0.6) is 0 Å². The Morgan fingerprint density at radius 3 is 2.58 bits per heavy atom. The van der Waals surface area contributed by atoms with Crippen molar-refractivity contribution in [2.45, 2.75) is 25.1 Å². The van der Waals surface area contributed by atoms with E-state index in [1.54, 1.807) is 11.2 Å². The van der Waals surface area contributed by atoms with Crippen LogP contribution in [0.2, 0.25) is 0 Å². The SMILES string of the molecule is CN(Cc1ccccc1N1CCCC1)C(=O)c1cccc(CS(C)=O)c1. The Bertz CT molecular complexity index is 800. The van der Waals surface area contributed by atoms with Crippen molar-refractivity contribution in [3.8, 4) is 0 Å². The van der Waals surface area contributed by atoms with E-state index in [-0.39, 0.29) is 5.91 Å². The Kier molecular flexibility index (Phi) is 6.09. The maximum absolute atomic E-state index is 12.9. The Hall–Kier alpha value is -2.14. The molecule has 0 saturated carbocycles. The molecule has 1 saturated heterocycles. The van der Waals surface area contributed by atoms with Crippen molar-refractivity contribution >= 4 is 22.4 Å². The van der Waals surface area contributed by atoms with E-state index in [0.29, 0.717) is 17.9 Å². The van der Waals surface area contributed by atoms with Gasteiger partial charge >= 0.3 is 0 Å². The number of rotatable bonds is 6. The molecule has 1 fully saturated rings. The molecule has 3 rings (SSSR count). The van der Waals surface area contributed by atoms with Crippen LogP contribution in [0.25, 0.3) is 0 Å². The van der Waals surface area contributed by atoms with Crippen LogP contribution in [-0.4, -0.2) is 41.4 Å². The number of amides is 1. The van der Waals surface area contributed by atoms with E-state index in [0.717, 1.165) is 18.7 Å². The summed E-state index contributed by atoms with van der Waals surface area (Å²) in [5.41, 5.74) is 3.99. The largest absolute Gasteiger partial charge is 0.371 e. The zero-order valence-electron chi connectivity index (χ0n) is 15.5. The average Bonchev–Trinajstić information content (AvgIpc) is 3.15. The van der Waals surface area contributed by atoms with Crippen LogP contribution < -0.4 is 4.90 Å². The molecule has 0 bridgehead atoms. The minimum absolute atomic E-state index is 0.00930. The summed E-state index contributed by atoms with van der Waals surface area (Å²) in [6.45, 7) is 2.76. The fourth-order valence-corrected chi connectivity index (χ4v) is 4.14. The van der Waals surface area contributed by atoms with Gasteiger partial charge in [0.05, 0.1) is 0 Å². The summed E-state index contributed by atoms with van der Waals surface area (Å²) in [5, 5.41) is 0. The normalized spacial score (nSPS) is 15.1. The Labute approximate surface area is 158 Å². The first-order valence-electron chi connectivity index (χ1n) is 9.02. The number of hydrogen-bond acceptors (Lipinski definition) is 3. The molecule has 0 spiro atoms. The lowest BCUT2D eigenvalue weighted by Crippen LogP contribution is -2.28. The van der Waals surface area contributed by atoms with Gasteiger partial charge in [-0.2, -0.15) is 0 Å². The zero-order chi connectivity index (χ0) is 18.5. The van der Waals surface area contributed by atoms with Gasteiger partial charge in [-0.25, -0.2) is 0 Å². The molecule has 1 atom stereocenters. The van der Waals surface area contributed by atoms with Crippen LogP contribution in [0, 0.1) is 0 Å². The molecular weight excluding hydrogens is 344 g/mol. The molecule has 0 aliphatic carbocycles. The molecule has 1 heterocycles. The topological polar surface area (TPSA) is 40.6 Å². The number of benzene rings is 2. The molecule has 1 amide bonds. The molecule has 26 heavy (non-hydrogen) atoms. The van der Waals surface area contributed by atoms with Gasteiger partial charge < -0.3 is 9.80 Å². The zero-order valence-corrected chi connectivity index (χ0v) is 16.3. The van der Waals surface area contributed by atoms with E-state index >= 15 is 0 Å². The number of carbonyl (C=O) groups is 1. The highest BCUT2D eigenvalue weighted by Gasteiger charge is 2.18. The first-order chi connectivity index (χ1) is 12.5. The van der Waals surface area contributed by atoms with E-state index < -0.39 is 10.8 Å². The third-order valence-corrected chi connectivity index (χ3v) is 5.48. The minimum Gasteiger partial charge on any atom is -0.371 e. The van der Waals surface area contributed by atoms with Gasteiger partial charge in [-0.15, -0.1) is 0 Å². The van der Waals surface area contributed by atoms with Gasteiger partial charge in [0.25, 0.3) is 5.91 Å². The van der Waals surface area contributed by atoms with Crippen LogP contribution in [0.15, 0.2) is 48.5 Å². The molecule has 138 valence electrons. The predicted molar refractivity (Wildman–Crippen MR) is 108 cm³/mol. The summed E-state index contributed by atoms with van der Waals surface area (Å²) in [6.07, 6.45) is 4.14. The standard InChI is InChI=1S/C21H26N2O2S/c1-22(21(24)18-10-7-8-17(14-18)16-26(2)25)15-19-9-3-4-11-20(19)23-12-5-6-13-23/h3-4,7-11,14H,5-6,12-13,15-16H2,1-2H3. The average molecular weight is 371 g/mol. The summed E-state index contributed by atoms with van der Waals surface area (Å²) in [6, 6.07) is 15.8. The van der Waals surface area contributed by atoms with E-state index in [2.05, 4.69) is 23.1 Å². The molecule has 0 N–H and O–H groups in total. The summed E-state index contributed by atoms with van der Waals surface area (Å²) in [4.78, 5) is 17.0. The lowest BCUT2D eigenvalue weighted by Gasteiger charge is -2.24. The summed E-state index contributed by atoms with van der Waals surface area (Å²) >= 11 is 0. The van der Waals surface area contributed by atoms with Crippen LogP contribution in [0.3, 0.4) is 0 Å². The van der Waals surface area contributed by atoms with E-state index in [1.165, 1.54) is 24.1 Å². The van der Waals surface area contributed by atoms with Crippen molar-refractivity contribution in [3.05, 3.63) is 65.2 Å². The maximum Gasteiger partial charge on any atom is 0.253 e. The van der Waals surface area contributed by atoms with Gasteiger partial charge in [-0.3, -0.25) is 9.00 Å². The Morgan fingerprint density at radius 1 is 1.12 bits per heavy atom. The second-order valence-corrected chi connectivity index (χ2v) is 8.34. The highest BCUT2D eigenvalue weighted by Crippen LogP contribution is 2.25. The van der Waals surface area contributed by atoms with Gasteiger partial charge in [0.1, 0.15) is 0 Å². The molecule has 4 nitrogen and oxygen atoms in total. The number of para-hydroxylation sites is 1. The number of carbonyl (C=O) groups excluding carboxylic acids is 1. The first kappa shape index (κ1) is 18.6. The van der Waals surface area contributed by atoms with Crippen molar-refractivity contribution < 1.29 is 9.00 Å². The molecule has 1 aliphatic heterocycles. The lowest BCUT2D eigenvalue weighted by molar-refractivity contribution is 0.0785. The van der Waals surface area contributed by atoms with Crippen LogP contribution >= 0.6 is 0 Å². The highest BCUT2D eigenvalue weighted by molar-refractivity contribution is 7.83. The molecule has 0 aromatic heterocycles. The molecule has 2 aromatic rings. The van der Waals surface area contributed by atoms with Gasteiger partial charge in [0, 0.05) is 60.7 Å². The minimum atomic E-state index is -0.915. The molecule has 1 aliphatic rings. The summed E-state index contributed by atoms with van der Waals surface area (Å²) in [5.74, 6) is 0.466. The monoisotopic (exact) mass is 370 g/mol. The Balaban J connectivity index is 1.75. The summed E-state index contributed by atoms with van der Waals surface area (Å²) in [7, 11) is 0.926. The van der Waals surface area contributed by atoms with E-state index in [9.17, 15) is 9.00 Å². The highest BCUT2D eigenvalue weighted by atomic mass is 32.2. The molecule has 0 radical (unpaired) electrons. The summed E-state index contributed by atoms with van der Waals surface area (Å²) < 4.78 is 11.4. The molecule has 5 heteroatoms. The second kappa shape index (κ2) is 8.49. The van der Waals surface area contributed by atoms with Crippen molar-refractivity contribution in [1.29, 1.82) is 0 Å². The quantitative estimate of drug-likeness (QED) is 0.782. The van der Waals surface area contributed by atoms with Crippen molar-refractivity contribution in [2.24, 2.45) is 0 Å². The molecule has 2 aromatic carbocycles. The Morgan fingerprint density at radius 2 is 1.85 bits per heavy atom. The van der Waals surface area contributed by atoms with E-state index in [1.807, 2.05) is 37.4 Å². The predicted octanol–water partition coefficient (Wildman–Crippen LogP) is 3.44. The van der Waals surface area contributed by atoms with E-state index in [4.69, 9.17) is 0 Å².